The Morgan fingerprint density at radius 2 is 1.81 bits per heavy atom. The van der Waals surface area contributed by atoms with Crippen molar-refractivity contribution in [3.63, 3.8) is 0 Å². The van der Waals surface area contributed by atoms with Crippen LogP contribution in [0.25, 0.3) is 0 Å². The number of allylic oxidation sites excluding steroid dienone is 2. The van der Waals surface area contributed by atoms with Crippen molar-refractivity contribution in [1.82, 2.24) is 0 Å². The van der Waals surface area contributed by atoms with E-state index in [9.17, 15) is 4.79 Å². The number of carbonyl (C=O) groups is 1. The van der Waals surface area contributed by atoms with Crippen molar-refractivity contribution in [1.29, 1.82) is 0 Å². The number of carbonyl (C=O) groups excluding carboxylic acids is 1. The molecule has 21 heavy (non-hydrogen) atoms. The molecule has 0 amide bonds. The van der Waals surface area contributed by atoms with Gasteiger partial charge in [-0.3, -0.25) is 4.79 Å². The predicted octanol–water partition coefficient (Wildman–Crippen LogP) is 5.11. The van der Waals surface area contributed by atoms with Gasteiger partial charge in [-0.25, -0.2) is 0 Å². The quantitative estimate of drug-likeness (QED) is 0.491. The van der Waals surface area contributed by atoms with Crippen molar-refractivity contribution in [2.75, 3.05) is 7.11 Å². The fourth-order valence-electron chi connectivity index (χ4n) is 2.35. The number of esters is 1. The Bertz CT molecular complexity index is 446. The fourth-order valence-corrected chi connectivity index (χ4v) is 2.35. The second kappa shape index (κ2) is 8.66. The summed E-state index contributed by atoms with van der Waals surface area (Å²) in [4.78, 5) is 11.6. The summed E-state index contributed by atoms with van der Waals surface area (Å²) in [5.74, 6) is 0.455. The first kappa shape index (κ1) is 17.5. The molecule has 1 rings (SSSR count). The third-order valence-electron chi connectivity index (χ3n) is 3.98. The van der Waals surface area contributed by atoms with Crippen LogP contribution in [-0.4, -0.2) is 13.1 Å². The largest absolute Gasteiger partial charge is 0.469 e. The molecule has 0 heterocycles. The zero-order valence-electron chi connectivity index (χ0n) is 13.8. The molecule has 1 atom stereocenters. The Labute approximate surface area is 129 Å². The summed E-state index contributed by atoms with van der Waals surface area (Å²) in [6.45, 7) is 6.14. The Kier molecular flexibility index (Phi) is 7.21. The molecule has 0 N–H and O–H groups in total. The van der Waals surface area contributed by atoms with Gasteiger partial charge in [0.15, 0.2) is 0 Å². The third kappa shape index (κ3) is 6.16. The van der Waals surface area contributed by atoms with E-state index in [0.717, 1.165) is 25.7 Å². The predicted molar refractivity (Wildman–Crippen MR) is 88.3 cm³/mol. The van der Waals surface area contributed by atoms with Gasteiger partial charge in [0.05, 0.1) is 12.5 Å². The van der Waals surface area contributed by atoms with Gasteiger partial charge in [0, 0.05) is 0 Å². The summed E-state index contributed by atoms with van der Waals surface area (Å²) in [5.41, 5.74) is 1.01. The van der Waals surface area contributed by atoms with Crippen LogP contribution in [0.2, 0.25) is 0 Å². The maximum Gasteiger partial charge on any atom is 0.311 e. The molecule has 0 aliphatic rings. The van der Waals surface area contributed by atoms with Gasteiger partial charge in [0.1, 0.15) is 0 Å². The molecule has 1 aromatic rings. The Balaban J connectivity index is 2.25. The van der Waals surface area contributed by atoms with Gasteiger partial charge in [0.25, 0.3) is 0 Å². The minimum Gasteiger partial charge on any atom is -0.469 e. The molecule has 0 fully saturated rings. The van der Waals surface area contributed by atoms with E-state index in [1.54, 1.807) is 0 Å². The summed E-state index contributed by atoms with van der Waals surface area (Å²) in [7, 11) is 1.45. The number of hydrogen-bond donors (Lipinski definition) is 0. The number of hydrogen-bond acceptors (Lipinski definition) is 2. The van der Waals surface area contributed by atoms with E-state index in [4.69, 9.17) is 4.74 Å². The zero-order chi connectivity index (χ0) is 15.7. The second-order valence-electron chi connectivity index (χ2n) is 6.27. The first-order chi connectivity index (χ1) is 9.97. The molecule has 2 nitrogen and oxygen atoms in total. The van der Waals surface area contributed by atoms with Crippen molar-refractivity contribution in [3.05, 3.63) is 48.0 Å². The lowest BCUT2D eigenvalue weighted by molar-refractivity contribution is -0.151. The van der Waals surface area contributed by atoms with Gasteiger partial charge in [0.2, 0.25) is 0 Å². The number of rotatable bonds is 8. The van der Waals surface area contributed by atoms with E-state index < -0.39 is 5.41 Å². The monoisotopic (exact) mass is 288 g/mol. The Morgan fingerprint density at radius 3 is 2.43 bits per heavy atom. The molecule has 1 aromatic carbocycles. The zero-order valence-corrected chi connectivity index (χ0v) is 13.8. The van der Waals surface area contributed by atoms with Gasteiger partial charge >= 0.3 is 5.97 Å². The van der Waals surface area contributed by atoms with E-state index in [2.05, 4.69) is 49.4 Å². The van der Waals surface area contributed by atoms with Crippen LogP contribution in [0.4, 0.5) is 0 Å². The number of methoxy groups -OCH3 is 1. The highest BCUT2D eigenvalue weighted by atomic mass is 16.5. The van der Waals surface area contributed by atoms with Crippen LogP contribution < -0.4 is 0 Å². The average Bonchev–Trinajstić information content (AvgIpc) is 2.50. The second-order valence-corrected chi connectivity index (χ2v) is 6.27. The van der Waals surface area contributed by atoms with Gasteiger partial charge in [-0.2, -0.15) is 0 Å². The first-order valence-electron chi connectivity index (χ1n) is 7.75. The fraction of sp³-hybridized carbons (Fsp3) is 0.526. The summed E-state index contributed by atoms with van der Waals surface area (Å²) in [6.07, 6.45) is 8.39. The van der Waals surface area contributed by atoms with Crippen molar-refractivity contribution >= 4 is 5.97 Å². The molecule has 0 saturated carbocycles. The summed E-state index contributed by atoms with van der Waals surface area (Å²) < 4.78 is 4.81. The van der Waals surface area contributed by atoms with Crippen LogP contribution in [-0.2, 0) is 9.53 Å². The first-order valence-corrected chi connectivity index (χ1v) is 7.75. The third-order valence-corrected chi connectivity index (χ3v) is 3.98. The molecule has 0 aliphatic heterocycles. The van der Waals surface area contributed by atoms with Gasteiger partial charge in [-0.1, -0.05) is 49.4 Å². The van der Waals surface area contributed by atoms with Gasteiger partial charge in [-0.15, -0.1) is 0 Å². The average molecular weight is 288 g/mol. The lowest BCUT2D eigenvalue weighted by Crippen LogP contribution is -2.25. The number of ether oxygens (including phenoxy) is 1. The molecule has 0 spiro atoms. The highest BCUT2D eigenvalue weighted by Gasteiger charge is 2.27. The van der Waals surface area contributed by atoms with E-state index in [-0.39, 0.29) is 5.97 Å². The highest BCUT2D eigenvalue weighted by Crippen LogP contribution is 2.24. The number of benzene rings is 1. The van der Waals surface area contributed by atoms with Crippen LogP contribution in [0.1, 0.15) is 57.9 Å². The Hall–Kier alpha value is -1.57. The van der Waals surface area contributed by atoms with E-state index in [0.29, 0.717) is 5.92 Å². The summed E-state index contributed by atoms with van der Waals surface area (Å²) >= 11 is 0. The maximum absolute atomic E-state index is 11.6. The molecule has 2 heteroatoms. The van der Waals surface area contributed by atoms with E-state index in [1.165, 1.54) is 12.7 Å². The molecule has 1 unspecified atom stereocenters. The van der Waals surface area contributed by atoms with Gasteiger partial charge < -0.3 is 4.74 Å². The summed E-state index contributed by atoms with van der Waals surface area (Å²) in [6, 6.07) is 10.6. The van der Waals surface area contributed by atoms with Crippen molar-refractivity contribution < 1.29 is 9.53 Å². The van der Waals surface area contributed by atoms with Crippen LogP contribution in [0.5, 0.6) is 0 Å². The van der Waals surface area contributed by atoms with E-state index in [1.807, 2.05) is 13.8 Å². The normalized spacial score (nSPS) is 13.3. The SMILES string of the molecule is COC(=O)C(C)(C)CCC=CCCC(C)c1ccccc1. The molecule has 0 aromatic heterocycles. The highest BCUT2D eigenvalue weighted by molar-refractivity contribution is 5.75. The minimum atomic E-state index is -0.392. The van der Waals surface area contributed by atoms with Crippen LogP contribution in [0.15, 0.2) is 42.5 Å². The lowest BCUT2D eigenvalue weighted by atomic mass is 9.88. The van der Waals surface area contributed by atoms with Crippen molar-refractivity contribution in [2.24, 2.45) is 5.41 Å². The molecule has 0 radical (unpaired) electrons. The lowest BCUT2D eigenvalue weighted by Gasteiger charge is -2.20. The minimum absolute atomic E-state index is 0.131. The molecular formula is C19H28O2. The van der Waals surface area contributed by atoms with Crippen LogP contribution in [0.3, 0.4) is 0 Å². The Morgan fingerprint density at radius 1 is 1.19 bits per heavy atom. The van der Waals surface area contributed by atoms with Gasteiger partial charge in [-0.05, 0) is 51.0 Å². The molecule has 0 saturated heterocycles. The molecule has 0 bridgehead atoms. The standard InChI is InChI=1S/C19H28O2/c1-16(17-13-9-7-10-14-17)12-8-5-6-11-15-19(2,3)18(20)21-4/h5-7,9-10,13-14,16H,8,11-12,15H2,1-4H3. The molecular weight excluding hydrogens is 260 g/mol. The van der Waals surface area contributed by atoms with E-state index >= 15 is 0 Å². The summed E-state index contributed by atoms with van der Waals surface area (Å²) in [5, 5.41) is 0. The topological polar surface area (TPSA) is 26.3 Å². The van der Waals surface area contributed by atoms with Crippen molar-refractivity contribution in [2.45, 2.75) is 52.4 Å². The molecule has 0 aliphatic carbocycles. The van der Waals surface area contributed by atoms with Crippen LogP contribution in [0, 0.1) is 5.41 Å². The van der Waals surface area contributed by atoms with Crippen molar-refractivity contribution in [3.8, 4) is 0 Å². The van der Waals surface area contributed by atoms with Crippen LogP contribution >= 0.6 is 0 Å². The molecule has 116 valence electrons. The smallest absolute Gasteiger partial charge is 0.311 e. The maximum atomic E-state index is 11.6.